The second-order valence-corrected chi connectivity index (χ2v) is 7.17. The third-order valence-electron chi connectivity index (χ3n) is 5.06. The molecule has 0 N–H and O–H groups in total. The number of likely N-dealkylation sites (tertiary alicyclic amines) is 1. The van der Waals surface area contributed by atoms with E-state index >= 15 is 0 Å². The molecule has 0 atom stereocenters. The normalized spacial score (nSPS) is 16.7. The summed E-state index contributed by atoms with van der Waals surface area (Å²) in [6.07, 6.45) is 1.74. The number of hydrogen-bond donors (Lipinski definition) is 0. The molecule has 0 bridgehead atoms. The number of rotatable bonds is 3. The van der Waals surface area contributed by atoms with Crippen molar-refractivity contribution in [2.75, 3.05) is 13.1 Å². The Morgan fingerprint density at radius 3 is 2.60 bits per heavy atom. The molecule has 1 aliphatic rings. The van der Waals surface area contributed by atoms with Crippen LogP contribution in [0.4, 0.5) is 0 Å². The number of amides is 1. The van der Waals surface area contributed by atoms with Crippen LogP contribution in [0.5, 0.6) is 0 Å². The van der Waals surface area contributed by atoms with Gasteiger partial charge in [0, 0.05) is 30.7 Å². The summed E-state index contributed by atoms with van der Waals surface area (Å²) in [5, 5.41) is 4.91. The van der Waals surface area contributed by atoms with Gasteiger partial charge in [-0.25, -0.2) is 4.68 Å². The van der Waals surface area contributed by atoms with Crippen LogP contribution in [0.2, 0.25) is 5.02 Å². The van der Waals surface area contributed by atoms with Crippen molar-refractivity contribution in [3.63, 3.8) is 0 Å². The first-order chi connectivity index (χ1) is 11.9. The van der Waals surface area contributed by atoms with E-state index in [2.05, 4.69) is 18.1 Å². The van der Waals surface area contributed by atoms with Gasteiger partial charge < -0.3 is 4.90 Å². The summed E-state index contributed by atoms with van der Waals surface area (Å²) in [6.45, 7) is 5.83. The zero-order valence-electron chi connectivity index (χ0n) is 14.5. The highest BCUT2D eigenvalue weighted by atomic mass is 35.5. The summed E-state index contributed by atoms with van der Waals surface area (Å²) in [5.74, 6) is -0.115. The molecule has 1 aliphatic heterocycles. The molecule has 0 aliphatic carbocycles. The average Bonchev–Trinajstić information content (AvgIpc) is 2.62. The highest BCUT2D eigenvalue weighted by Gasteiger charge is 2.34. The van der Waals surface area contributed by atoms with Gasteiger partial charge in [-0.2, -0.15) is 5.10 Å². The first kappa shape index (κ1) is 17.7. The molecule has 25 heavy (non-hydrogen) atoms. The summed E-state index contributed by atoms with van der Waals surface area (Å²) in [7, 11) is 0. The highest BCUT2D eigenvalue weighted by molar-refractivity contribution is 6.30. The van der Waals surface area contributed by atoms with E-state index in [0.717, 1.165) is 17.9 Å². The SMILES string of the molecule is CCn1nc(C(=O)N2CCC(C)(c3cccc(Cl)c3)CC2)ccc1=O. The van der Waals surface area contributed by atoms with Crippen LogP contribution >= 0.6 is 11.6 Å². The van der Waals surface area contributed by atoms with Crippen molar-refractivity contribution in [2.24, 2.45) is 0 Å². The molecule has 1 aromatic heterocycles. The van der Waals surface area contributed by atoms with Gasteiger partial charge >= 0.3 is 0 Å². The number of piperidine rings is 1. The maximum atomic E-state index is 12.7. The molecule has 1 saturated heterocycles. The lowest BCUT2D eigenvalue weighted by Gasteiger charge is -2.39. The van der Waals surface area contributed by atoms with Crippen LogP contribution in [-0.4, -0.2) is 33.7 Å². The Bertz CT molecular complexity index is 839. The molecule has 2 aromatic rings. The second kappa shape index (κ2) is 7.00. The molecule has 3 rings (SSSR count). The highest BCUT2D eigenvalue weighted by Crippen LogP contribution is 2.36. The van der Waals surface area contributed by atoms with Crippen LogP contribution in [0.3, 0.4) is 0 Å². The van der Waals surface area contributed by atoms with Crippen molar-refractivity contribution in [3.05, 3.63) is 63.0 Å². The van der Waals surface area contributed by atoms with Crippen LogP contribution < -0.4 is 5.56 Å². The molecule has 2 heterocycles. The van der Waals surface area contributed by atoms with E-state index in [1.165, 1.54) is 22.4 Å². The maximum Gasteiger partial charge on any atom is 0.274 e. The van der Waals surface area contributed by atoms with E-state index < -0.39 is 0 Å². The zero-order chi connectivity index (χ0) is 18.0. The lowest BCUT2D eigenvalue weighted by atomic mass is 9.74. The van der Waals surface area contributed by atoms with Crippen LogP contribution in [0.1, 0.15) is 42.7 Å². The van der Waals surface area contributed by atoms with Crippen LogP contribution in [0.15, 0.2) is 41.2 Å². The number of nitrogens with zero attached hydrogens (tertiary/aromatic N) is 3. The van der Waals surface area contributed by atoms with E-state index in [1.54, 1.807) is 0 Å². The van der Waals surface area contributed by atoms with Gasteiger partial charge in [0.1, 0.15) is 5.69 Å². The van der Waals surface area contributed by atoms with Gasteiger partial charge in [0.2, 0.25) is 0 Å². The van der Waals surface area contributed by atoms with E-state index in [0.29, 0.717) is 25.3 Å². The molecular weight excluding hydrogens is 338 g/mol. The number of aromatic nitrogens is 2. The molecule has 1 amide bonds. The Labute approximate surface area is 152 Å². The fourth-order valence-electron chi connectivity index (χ4n) is 3.31. The molecule has 1 aromatic carbocycles. The van der Waals surface area contributed by atoms with Crippen molar-refractivity contribution in [2.45, 2.75) is 38.6 Å². The van der Waals surface area contributed by atoms with Gasteiger partial charge in [0.05, 0.1) is 0 Å². The summed E-state index contributed by atoms with van der Waals surface area (Å²) in [4.78, 5) is 26.2. The topological polar surface area (TPSA) is 55.2 Å². The number of carbonyl (C=O) groups excluding carboxylic acids is 1. The Hall–Kier alpha value is -2.14. The maximum absolute atomic E-state index is 12.7. The molecule has 0 saturated carbocycles. The van der Waals surface area contributed by atoms with Gasteiger partial charge in [-0.05, 0) is 48.9 Å². The Morgan fingerprint density at radius 2 is 1.96 bits per heavy atom. The van der Waals surface area contributed by atoms with E-state index in [1.807, 2.05) is 30.0 Å². The van der Waals surface area contributed by atoms with E-state index in [9.17, 15) is 9.59 Å². The van der Waals surface area contributed by atoms with Crippen molar-refractivity contribution in [3.8, 4) is 0 Å². The predicted molar refractivity (Wildman–Crippen MR) is 98.1 cm³/mol. The number of benzene rings is 1. The molecule has 1 fully saturated rings. The summed E-state index contributed by atoms with van der Waals surface area (Å²) < 4.78 is 1.31. The van der Waals surface area contributed by atoms with Gasteiger partial charge in [0.15, 0.2) is 0 Å². The molecule has 5 nitrogen and oxygen atoms in total. The van der Waals surface area contributed by atoms with Crippen molar-refractivity contribution in [1.29, 1.82) is 0 Å². The number of carbonyl (C=O) groups is 1. The minimum absolute atomic E-state index is 0.0112. The van der Waals surface area contributed by atoms with Gasteiger partial charge in [0.25, 0.3) is 11.5 Å². The Balaban J connectivity index is 1.73. The van der Waals surface area contributed by atoms with Crippen molar-refractivity contribution >= 4 is 17.5 Å². The predicted octanol–water partition coefficient (Wildman–Crippen LogP) is 3.11. The molecule has 0 unspecified atom stereocenters. The number of hydrogen-bond acceptors (Lipinski definition) is 3. The van der Waals surface area contributed by atoms with Crippen molar-refractivity contribution in [1.82, 2.24) is 14.7 Å². The van der Waals surface area contributed by atoms with Gasteiger partial charge in [-0.1, -0.05) is 30.7 Å². The monoisotopic (exact) mass is 359 g/mol. The fourth-order valence-corrected chi connectivity index (χ4v) is 3.50. The third-order valence-corrected chi connectivity index (χ3v) is 5.30. The first-order valence-electron chi connectivity index (χ1n) is 8.56. The third kappa shape index (κ3) is 3.61. The van der Waals surface area contributed by atoms with Crippen LogP contribution in [0.25, 0.3) is 0 Å². The minimum Gasteiger partial charge on any atom is -0.337 e. The first-order valence-corrected chi connectivity index (χ1v) is 8.94. The second-order valence-electron chi connectivity index (χ2n) is 6.74. The largest absolute Gasteiger partial charge is 0.337 e. The zero-order valence-corrected chi connectivity index (χ0v) is 15.3. The minimum atomic E-state index is -0.189. The van der Waals surface area contributed by atoms with Crippen LogP contribution in [-0.2, 0) is 12.0 Å². The van der Waals surface area contributed by atoms with Gasteiger partial charge in [-0.15, -0.1) is 0 Å². The molecular formula is C19H22ClN3O2. The van der Waals surface area contributed by atoms with Crippen molar-refractivity contribution < 1.29 is 4.79 Å². The molecule has 6 heteroatoms. The molecule has 132 valence electrons. The van der Waals surface area contributed by atoms with Crippen LogP contribution in [0, 0.1) is 0 Å². The lowest BCUT2D eigenvalue weighted by molar-refractivity contribution is 0.0667. The molecule has 0 radical (unpaired) electrons. The fraction of sp³-hybridized carbons (Fsp3) is 0.421. The number of aryl methyl sites for hydroxylation is 1. The lowest BCUT2D eigenvalue weighted by Crippen LogP contribution is -2.44. The summed E-state index contributed by atoms with van der Waals surface area (Å²) >= 11 is 6.13. The van der Waals surface area contributed by atoms with Gasteiger partial charge in [-0.3, -0.25) is 9.59 Å². The quantitative estimate of drug-likeness (QED) is 0.846. The summed E-state index contributed by atoms with van der Waals surface area (Å²) in [5.41, 5.74) is 1.36. The Morgan fingerprint density at radius 1 is 1.24 bits per heavy atom. The smallest absolute Gasteiger partial charge is 0.274 e. The average molecular weight is 360 g/mol. The van der Waals surface area contributed by atoms with E-state index in [-0.39, 0.29) is 16.9 Å². The van der Waals surface area contributed by atoms with E-state index in [4.69, 9.17) is 11.6 Å². The molecule has 0 spiro atoms. The number of halogens is 1. The summed E-state index contributed by atoms with van der Waals surface area (Å²) in [6, 6.07) is 10.9. The Kier molecular flexibility index (Phi) is 4.95. The standard InChI is InChI=1S/C19H22ClN3O2/c1-3-23-17(24)8-7-16(21-23)18(25)22-11-9-19(2,10-12-22)14-5-4-6-15(20)13-14/h4-8,13H,3,9-12H2,1-2H3.